The topological polar surface area (TPSA) is 84.3 Å². The van der Waals surface area contributed by atoms with Gasteiger partial charge in [0.15, 0.2) is 0 Å². The SMILES string of the molecule is CCOc1cn(CC(=O)N2CCC(Cc3ccccc3)CC2)c2ccc(C(=N)N)cc12. The van der Waals surface area contributed by atoms with Gasteiger partial charge in [0.05, 0.1) is 12.1 Å². The normalized spacial score (nSPS) is 14.7. The fourth-order valence-corrected chi connectivity index (χ4v) is 4.41. The van der Waals surface area contributed by atoms with Crippen molar-refractivity contribution in [2.75, 3.05) is 19.7 Å². The molecule has 1 amide bonds. The van der Waals surface area contributed by atoms with E-state index in [1.807, 2.05) is 46.9 Å². The number of amidine groups is 1. The largest absolute Gasteiger partial charge is 0.492 e. The van der Waals surface area contributed by atoms with E-state index in [1.54, 1.807) is 0 Å². The Balaban J connectivity index is 1.43. The van der Waals surface area contributed by atoms with Crippen LogP contribution in [0.3, 0.4) is 0 Å². The maximum atomic E-state index is 13.0. The molecule has 2 heterocycles. The number of ether oxygens (including phenoxy) is 1. The van der Waals surface area contributed by atoms with Crippen molar-refractivity contribution >= 4 is 22.6 Å². The van der Waals surface area contributed by atoms with Crippen molar-refractivity contribution in [3.63, 3.8) is 0 Å². The predicted octanol–water partition coefficient (Wildman–Crippen LogP) is 3.81. The summed E-state index contributed by atoms with van der Waals surface area (Å²) in [5.74, 6) is 1.50. The number of hydrogen-bond acceptors (Lipinski definition) is 3. The van der Waals surface area contributed by atoms with Gasteiger partial charge in [0, 0.05) is 30.2 Å². The maximum Gasteiger partial charge on any atom is 0.242 e. The molecule has 0 aliphatic carbocycles. The predicted molar refractivity (Wildman–Crippen MR) is 124 cm³/mol. The summed E-state index contributed by atoms with van der Waals surface area (Å²) in [5.41, 5.74) is 8.59. The van der Waals surface area contributed by atoms with Gasteiger partial charge in [-0.3, -0.25) is 10.2 Å². The molecule has 1 aliphatic rings. The molecule has 0 unspecified atom stereocenters. The third-order valence-electron chi connectivity index (χ3n) is 6.10. The zero-order chi connectivity index (χ0) is 21.8. The average molecular weight is 419 g/mol. The Kier molecular flexibility index (Phi) is 6.26. The van der Waals surface area contributed by atoms with Gasteiger partial charge in [-0.15, -0.1) is 0 Å². The molecule has 31 heavy (non-hydrogen) atoms. The molecule has 1 aliphatic heterocycles. The van der Waals surface area contributed by atoms with E-state index >= 15 is 0 Å². The Morgan fingerprint density at radius 3 is 2.58 bits per heavy atom. The standard InChI is InChI=1S/C25H30N4O2/c1-2-31-23-16-29(22-9-8-20(25(26)27)15-21(22)23)17-24(30)28-12-10-19(11-13-28)14-18-6-4-3-5-7-18/h3-9,15-16,19H,2,10-14,17H2,1H3,(H3,26,27). The van der Waals surface area contributed by atoms with Crippen molar-refractivity contribution in [1.29, 1.82) is 5.41 Å². The summed E-state index contributed by atoms with van der Waals surface area (Å²) in [4.78, 5) is 15.0. The van der Waals surface area contributed by atoms with E-state index in [0.29, 0.717) is 18.1 Å². The molecule has 0 saturated carbocycles. The average Bonchev–Trinajstić information content (AvgIpc) is 3.11. The minimum absolute atomic E-state index is 0.0200. The van der Waals surface area contributed by atoms with Crippen LogP contribution in [0.4, 0.5) is 0 Å². The number of aromatic nitrogens is 1. The quantitative estimate of drug-likeness (QED) is 0.452. The van der Waals surface area contributed by atoms with E-state index in [2.05, 4.69) is 24.3 Å². The number of benzene rings is 2. The zero-order valence-electron chi connectivity index (χ0n) is 18.0. The van der Waals surface area contributed by atoms with E-state index in [4.69, 9.17) is 15.9 Å². The molecular weight excluding hydrogens is 388 g/mol. The zero-order valence-corrected chi connectivity index (χ0v) is 18.0. The molecule has 1 saturated heterocycles. The smallest absolute Gasteiger partial charge is 0.242 e. The van der Waals surface area contributed by atoms with Gasteiger partial charge < -0.3 is 19.9 Å². The Bertz CT molecular complexity index is 1070. The number of fused-ring (bicyclic) bond motifs is 1. The van der Waals surface area contributed by atoms with E-state index in [0.717, 1.165) is 49.0 Å². The third kappa shape index (κ3) is 4.74. The summed E-state index contributed by atoms with van der Waals surface area (Å²) < 4.78 is 7.72. The fraction of sp³-hybridized carbons (Fsp3) is 0.360. The highest BCUT2D eigenvalue weighted by Gasteiger charge is 2.24. The monoisotopic (exact) mass is 418 g/mol. The number of nitrogen functional groups attached to an aromatic ring is 1. The number of hydrogen-bond donors (Lipinski definition) is 2. The van der Waals surface area contributed by atoms with Crippen LogP contribution in [0.1, 0.15) is 30.9 Å². The number of nitrogens with two attached hydrogens (primary N) is 1. The van der Waals surface area contributed by atoms with Crippen LogP contribution in [-0.4, -0.2) is 40.9 Å². The minimum Gasteiger partial charge on any atom is -0.492 e. The molecule has 162 valence electrons. The lowest BCUT2D eigenvalue weighted by Gasteiger charge is -2.32. The molecule has 1 fully saturated rings. The molecule has 0 bridgehead atoms. The molecular formula is C25H30N4O2. The van der Waals surface area contributed by atoms with Crippen molar-refractivity contribution in [3.8, 4) is 5.75 Å². The van der Waals surface area contributed by atoms with Crippen LogP contribution in [0.25, 0.3) is 10.9 Å². The van der Waals surface area contributed by atoms with Crippen LogP contribution in [0.2, 0.25) is 0 Å². The van der Waals surface area contributed by atoms with Gasteiger partial charge in [-0.05, 0) is 55.9 Å². The van der Waals surface area contributed by atoms with Crippen molar-refractivity contribution in [2.24, 2.45) is 11.7 Å². The molecule has 0 spiro atoms. The highest BCUT2D eigenvalue weighted by atomic mass is 16.5. The lowest BCUT2D eigenvalue weighted by atomic mass is 9.90. The van der Waals surface area contributed by atoms with Gasteiger partial charge in [-0.25, -0.2) is 0 Å². The van der Waals surface area contributed by atoms with Crippen molar-refractivity contribution in [3.05, 3.63) is 65.9 Å². The highest BCUT2D eigenvalue weighted by Crippen LogP contribution is 2.30. The second-order valence-corrected chi connectivity index (χ2v) is 8.21. The molecule has 0 radical (unpaired) electrons. The second kappa shape index (κ2) is 9.25. The Morgan fingerprint density at radius 1 is 1.16 bits per heavy atom. The number of carbonyl (C=O) groups excluding carboxylic acids is 1. The van der Waals surface area contributed by atoms with Gasteiger partial charge in [0.25, 0.3) is 0 Å². The molecule has 6 nitrogen and oxygen atoms in total. The Morgan fingerprint density at radius 2 is 1.90 bits per heavy atom. The van der Waals surface area contributed by atoms with Gasteiger partial charge in [-0.1, -0.05) is 30.3 Å². The summed E-state index contributed by atoms with van der Waals surface area (Å²) in [7, 11) is 0. The molecule has 2 aromatic carbocycles. The second-order valence-electron chi connectivity index (χ2n) is 8.21. The molecule has 3 aromatic rings. The summed E-state index contributed by atoms with van der Waals surface area (Å²) in [6.45, 7) is 4.37. The summed E-state index contributed by atoms with van der Waals surface area (Å²) in [6, 6.07) is 16.2. The Labute approximate surface area is 183 Å². The van der Waals surface area contributed by atoms with Crippen LogP contribution in [0.5, 0.6) is 5.75 Å². The first-order valence-electron chi connectivity index (χ1n) is 11.0. The first-order chi connectivity index (χ1) is 15.0. The van der Waals surface area contributed by atoms with E-state index in [1.165, 1.54) is 5.56 Å². The molecule has 0 atom stereocenters. The van der Waals surface area contributed by atoms with E-state index in [-0.39, 0.29) is 18.3 Å². The van der Waals surface area contributed by atoms with E-state index < -0.39 is 0 Å². The van der Waals surface area contributed by atoms with Crippen LogP contribution < -0.4 is 10.5 Å². The number of rotatable bonds is 7. The number of likely N-dealkylation sites (tertiary alicyclic amines) is 1. The Hall–Kier alpha value is -3.28. The van der Waals surface area contributed by atoms with Crippen LogP contribution >= 0.6 is 0 Å². The molecule has 3 N–H and O–H groups in total. The first kappa shape index (κ1) is 21.0. The number of piperidine rings is 1. The van der Waals surface area contributed by atoms with Gasteiger partial charge in [0.1, 0.15) is 18.1 Å². The molecule has 1 aromatic heterocycles. The minimum atomic E-state index is 0.0200. The van der Waals surface area contributed by atoms with Crippen molar-refractivity contribution < 1.29 is 9.53 Å². The summed E-state index contributed by atoms with van der Waals surface area (Å²) >= 11 is 0. The van der Waals surface area contributed by atoms with Crippen LogP contribution in [0.15, 0.2) is 54.7 Å². The van der Waals surface area contributed by atoms with Crippen LogP contribution in [-0.2, 0) is 17.8 Å². The third-order valence-corrected chi connectivity index (χ3v) is 6.10. The molecule has 4 rings (SSSR count). The first-order valence-corrected chi connectivity index (χ1v) is 11.0. The van der Waals surface area contributed by atoms with Crippen molar-refractivity contribution in [1.82, 2.24) is 9.47 Å². The summed E-state index contributed by atoms with van der Waals surface area (Å²) in [6.07, 6.45) is 5.05. The lowest BCUT2D eigenvalue weighted by Crippen LogP contribution is -2.40. The number of nitrogens with zero attached hydrogens (tertiary/aromatic N) is 2. The summed E-state index contributed by atoms with van der Waals surface area (Å²) in [5, 5.41) is 8.57. The number of carbonyl (C=O) groups is 1. The maximum absolute atomic E-state index is 13.0. The highest BCUT2D eigenvalue weighted by molar-refractivity contribution is 6.00. The number of nitrogens with one attached hydrogen (secondary N) is 1. The van der Waals surface area contributed by atoms with Gasteiger partial charge >= 0.3 is 0 Å². The van der Waals surface area contributed by atoms with Gasteiger partial charge in [-0.2, -0.15) is 0 Å². The number of amides is 1. The lowest BCUT2D eigenvalue weighted by molar-refractivity contribution is -0.133. The molecule has 6 heteroatoms. The fourth-order valence-electron chi connectivity index (χ4n) is 4.41. The van der Waals surface area contributed by atoms with Crippen molar-refractivity contribution in [2.45, 2.75) is 32.7 Å². The van der Waals surface area contributed by atoms with Crippen LogP contribution in [0, 0.1) is 11.3 Å². The van der Waals surface area contributed by atoms with E-state index in [9.17, 15) is 4.79 Å². The van der Waals surface area contributed by atoms with Gasteiger partial charge in [0.2, 0.25) is 5.91 Å².